The molecule has 1 aromatic heterocycles. The summed E-state index contributed by atoms with van der Waals surface area (Å²) in [6, 6.07) is 1.79. The van der Waals surface area contributed by atoms with E-state index in [1.165, 1.54) is 0 Å². The average Bonchev–Trinajstić information content (AvgIpc) is 2.81. The third-order valence-electron chi connectivity index (χ3n) is 4.18. The van der Waals surface area contributed by atoms with Gasteiger partial charge in [-0.25, -0.2) is 13.1 Å². The predicted molar refractivity (Wildman–Crippen MR) is 84.7 cm³/mol. The number of hydrogen-bond donors (Lipinski definition) is 2. The van der Waals surface area contributed by atoms with Crippen LogP contribution in [0.2, 0.25) is 0 Å². The van der Waals surface area contributed by atoms with Crippen molar-refractivity contribution in [2.45, 2.75) is 70.0 Å². The van der Waals surface area contributed by atoms with Crippen LogP contribution in [0.4, 0.5) is 0 Å². The van der Waals surface area contributed by atoms with Crippen molar-refractivity contribution < 1.29 is 8.42 Å². The smallest absolute Gasteiger partial charge is 0.242 e. The molecular weight excluding hydrogens is 286 g/mol. The number of nitrogens with zero attached hydrogens (tertiary/aromatic N) is 1. The van der Waals surface area contributed by atoms with E-state index in [2.05, 4.69) is 17.0 Å². The van der Waals surface area contributed by atoms with Gasteiger partial charge >= 0.3 is 0 Å². The van der Waals surface area contributed by atoms with E-state index in [1.54, 1.807) is 12.3 Å². The second kappa shape index (κ2) is 6.50. The van der Waals surface area contributed by atoms with Crippen LogP contribution in [0, 0.1) is 0 Å². The Morgan fingerprint density at radius 3 is 2.57 bits per heavy atom. The molecule has 1 aliphatic rings. The van der Waals surface area contributed by atoms with E-state index in [0.717, 1.165) is 44.5 Å². The van der Waals surface area contributed by atoms with Gasteiger partial charge in [-0.2, -0.15) is 0 Å². The molecule has 1 fully saturated rings. The van der Waals surface area contributed by atoms with Crippen LogP contribution in [-0.4, -0.2) is 25.1 Å². The molecule has 0 amide bonds. The Balaban J connectivity index is 2.15. The number of aryl methyl sites for hydroxylation is 1. The van der Waals surface area contributed by atoms with Gasteiger partial charge in [0.15, 0.2) is 0 Å². The van der Waals surface area contributed by atoms with Crippen LogP contribution in [0.1, 0.15) is 52.1 Å². The van der Waals surface area contributed by atoms with Crippen LogP contribution in [0.3, 0.4) is 0 Å². The quantitative estimate of drug-likeness (QED) is 0.723. The molecule has 0 aromatic carbocycles. The number of aromatic nitrogens is 1. The average molecular weight is 313 g/mol. The zero-order valence-corrected chi connectivity index (χ0v) is 14.1. The molecule has 21 heavy (non-hydrogen) atoms. The summed E-state index contributed by atoms with van der Waals surface area (Å²) < 4.78 is 29.9. The Hall–Kier alpha value is -0.850. The van der Waals surface area contributed by atoms with Crippen molar-refractivity contribution >= 4 is 10.0 Å². The molecule has 5 nitrogen and oxygen atoms in total. The van der Waals surface area contributed by atoms with Gasteiger partial charge in [0.1, 0.15) is 0 Å². The maximum atomic E-state index is 12.5. The fourth-order valence-electron chi connectivity index (χ4n) is 2.70. The molecule has 0 radical (unpaired) electrons. The summed E-state index contributed by atoms with van der Waals surface area (Å²) in [5.74, 6) is 0. The first-order valence-electron chi connectivity index (χ1n) is 7.84. The number of sulfonamides is 1. The molecule has 0 aliphatic heterocycles. The fraction of sp³-hybridized carbons (Fsp3) is 0.733. The molecule has 0 atom stereocenters. The standard InChI is InChI=1S/C15H27N3O2S/c1-4-9-16-11-13-10-14(12-18(13)5-2)21(19,20)17-15(3)7-6-8-15/h10,12,16-17H,4-9,11H2,1-3H3. The number of rotatable bonds is 8. The van der Waals surface area contributed by atoms with E-state index in [9.17, 15) is 8.42 Å². The summed E-state index contributed by atoms with van der Waals surface area (Å²) in [5, 5.41) is 3.33. The highest BCUT2D eigenvalue weighted by atomic mass is 32.2. The molecule has 2 N–H and O–H groups in total. The van der Waals surface area contributed by atoms with Crippen molar-refractivity contribution in [1.29, 1.82) is 0 Å². The van der Waals surface area contributed by atoms with Crippen LogP contribution in [0.15, 0.2) is 17.2 Å². The second-order valence-corrected chi connectivity index (χ2v) is 7.83. The molecule has 6 heteroatoms. The monoisotopic (exact) mass is 313 g/mol. The molecule has 0 unspecified atom stereocenters. The lowest BCUT2D eigenvalue weighted by Gasteiger charge is -2.38. The summed E-state index contributed by atoms with van der Waals surface area (Å²) in [7, 11) is -3.42. The molecular formula is C15H27N3O2S. The fourth-order valence-corrected chi connectivity index (χ4v) is 4.23. The van der Waals surface area contributed by atoms with Gasteiger partial charge in [0.25, 0.3) is 0 Å². The van der Waals surface area contributed by atoms with Crippen molar-refractivity contribution in [1.82, 2.24) is 14.6 Å². The molecule has 0 saturated heterocycles. The Morgan fingerprint density at radius 1 is 1.33 bits per heavy atom. The molecule has 2 rings (SSSR count). The van der Waals surface area contributed by atoms with Gasteiger partial charge in [-0.1, -0.05) is 6.92 Å². The van der Waals surface area contributed by atoms with Crippen LogP contribution in [0.5, 0.6) is 0 Å². The summed E-state index contributed by atoms with van der Waals surface area (Å²) in [5.41, 5.74) is 0.762. The van der Waals surface area contributed by atoms with Gasteiger partial charge < -0.3 is 9.88 Å². The highest BCUT2D eigenvalue weighted by Gasteiger charge is 2.36. The minimum absolute atomic E-state index is 0.256. The molecule has 1 aliphatic carbocycles. The van der Waals surface area contributed by atoms with Gasteiger partial charge in [0.05, 0.1) is 4.90 Å². The van der Waals surface area contributed by atoms with E-state index < -0.39 is 10.0 Å². The third-order valence-corrected chi connectivity index (χ3v) is 5.79. The summed E-state index contributed by atoms with van der Waals surface area (Å²) in [6.07, 6.45) is 5.75. The van der Waals surface area contributed by atoms with E-state index in [1.807, 2.05) is 18.4 Å². The topological polar surface area (TPSA) is 63.1 Å². The molecule has 0 bridgehead atoms. The van der Waals surface area contributed by atoms with Crippen molar-refractivity contribution in [3.8, 4) is 0 Å². The van der Waals surface area contributed by atoms with Gasteiger partial charge in [0, 0.05) is 30.5 Å². The van der Waals surface area contributed by atoms with Crippen molar-refractivity contribution in [3.05, 3.63) is 18.0 Å². The lowest BCUT2D eigenvalue weighted by atomic mass is 9.80. The predicted octanol–water partition coefficient (Wildman–Crippen LogP) is 2.23. The van der Waals surface area contributed by atoms with Crippen LogP contribution >= 0.6 is 0 Å². The minimum Gasteiger partial charge on any atom is -0.349 e. The van der Waals surface area contributed by atoms with Gasteiger partial charge in [-0.05, 0) is 52.1 Å². The Kier molecular flexibility index (Phi) is 5.11. The molecule has 1 saturated carbocycles. The number of nitrogens with one attached hydrogen (secondary N) is 2. The first-order chi connectivity index (χ1) is 9.90. The van der Waals surface area contributed by atoms with Crippen molar-refractivity contribution in [2.24, 2.45) is 0 Å². The molecule has 0 spiro atoms. The summed E-state index contributed by atoms with van der Waals surface area (Å²) in [4.78, 5) is 0.380. The van der Waals surface area contributed by atoms with E-state index >= 15 is 0 Å². The Labute approximate surface area is 128 Å². The SMILES string of the molecule is CCCNCc1cc(S(=O)(=O)NC2(C)CCC2)cn1CC. The van der Waals surface area contributed by atoms with Crippen LogP contribution in [0.25, 0.3) is 0 Å². The second-order valence-electron chi connectivity index (χ2n) is 6.15. The first-order valence-corrected chi connectivity index (χ1v) is 9.32. The van der Waals surface area contributed by atoms with Crippen LogP contribution < -0.4 is 10.0 Å². The highest BCUT2D eigenvalue weighted by Crippen LogP contribution is 2.32. The molecule has 120 valence electrons. The minimum atomic E-state index is -3.42. The zero-order valence-electron chi connectivity index (χ0n) is 13.3. The van der Waals surface area contributed by atoms with E-state index in [0.29, 0.717) is 11.4 Å². The lowest BCUT2D eigenvalue weighted by molar-refractivity contribution is 0.248. The van der Waals surface area contributed by atoms with Gasteiger partial charge in [-0.3, -0.25) is 0 Å². The van der Waals surface area contributed by atoms with Crippen LogP contribution in [-0.2, 0) is 23.1 Å². The van der Waals surface area contributed by atoms with Crippen molar-refractivity contribution in [2.75, 3.05) is 6.54 Å². The zero-order chi connectivity index (χ0) is 15.5. The van der Waals surface area contributed by atoms with E-state index in [4.69, 9.17) is 0 Å². The third kappa shape index (κ3) is 3.87. The van der Waals surface area contributed by atoms with E-state index in [-0.39, 0.29) is 5.54 Å². The van der Waals surface area contributed by atoms with Crippen molar-refractivity contribution in [3.63, 3.8) is 0 Å². The molecule has 1 heterocycles. The highest BCUT2D eigenvalue weighted by molar-refractivity contribution is 7.89. The molecule has 1 aromatic rings. The lowest BCUT2D eigenvalue weighted by Crippen LogP contribution is -2.50. The first kappa shape index (κ1) is 16.5. The Morgan fingerprint density at radius 2 is 2.05 bits per heavy atom. The Bertz CT molecular complexity index is 574. The largest absolute Gasteiger partial charge is 0.349 e. The van der Waals surface area contributed by atoms with Gasteiger partial charge in [0.2, 0.25) is 10.0 Å². The normalized spacial score (nSPS) is 17.7. The summed E-state index contributed by atoms with van der Waals surface area (Å²) >= 11 is 0. The summed E-state index contributed by atoms with van der Waals surface area (Å²) in [6.45, 7) is 8.54. The van der Waals surface area contributed by atoms with Gasteiger partial charge in [-0.15, -0.1) is 0 Å². The number of hydrogen-bond acceptors (Lipinski definition) is 3. The maximum Gasteiger partial charge on any atom is 0.242 e. The maximum absolute atomic E-state index is 12.5.